The van der Waals surface area contributed by atoms with Gasteiger partial charge in [-0.15, -0.1) is 0 Å². The zero-order chi connectivity index (χ0) is 18.6. The van der Waals surface area contributed by atoms with Crippen molar-refractivity contribution in [2.24, 2.45) is 4.99 Å². The van der Waals surface area contributed by atoms with Crippen molar-refractivity contribution in [3.05, 3.63) is 34.9 Å². The standard InChI is InChI=1S/C18H27ClN4O2S/c1-20-17(21-7-8-23-9-11-26(24,25)12-10-23)22-14-18(5-6-18)15-3-2-4-16(19)13-15/h2-4,13H,5-12,14H2,1H3,(H2,20,21,22). The molecule has 2 N–H and O–H groups in total. The lowest BCUT2D eigenvalue weighted by atomic mass is 9.96. The van der Waals surface area contributed by atoms with Crippen molar-refractivity contribution in [1.82, 2.24) is 15.5 Å². The van der Waals surface area contributed by atoms with Crippen LogP contribution in [-0.4, -0.2) is 70.6 Å². The van der Waals surface area contributed by atoms with Gasteiger partial charge in [-0.3, -0.25) is 9.89 Å². The van der Waals surface area contributed by atoms with E-state index in [1.165, 1.54) is 5.56 Å². The Kier molecular flexibility index (Phi) is 6.10. The van der Waals surface area contributed by atoms with Crippen molar-refractivity contribution in [2.75, 3.05) is 51.3 Å². The molecule has 0 bridgehead atoms. The Morgan fingerprint density at radius 2 is 2.00 bits per heavy atom. The molecule has 144 valence electrons. The number of nitrogens with zero attached hydrogens (tertiary/aromatic N) is 2. The number of guanidine groups is 1. The molecule has 2 fully saturated rings. The van der Waals surface area contributed by atoms with Crippen LogP contribution < -0.4 is 10.6 Å². The van der Waals surface area contributed by atoms with E-state index in [0.29, 0.717) is 13.1 Å². The Hall–Kier alpha value is -1.31. The second-order valence-corrected chi connectivity index (χ2v) is 9.88. The topological polar surface area (TPSA) is 73.8 Å². The molecule has 0 aromatic heterocycles. The first-order valence-corrected chi connectivity index (χ1v) is 11.3. The van der Waals surface area contributed by atoms with Gasteiger partial charge < -0.3 is 10.6 Å². The molecule has 1 aliphatic carbocycles. The van der Waals surface area contributed by atoms with Crippen molar-refractivity contribution >= 4 is 27.4 Å². The fourth-order valence-corrected chi connectivity index (χ4v) is 4.78. The summed E-state index contributed by atoms with van der Waals surface area (Å²) in [4.78, 5) is 6.47. The minimum atomic E-state index is -2.82. The predicted molar refractivity (Wildman–Crippen MR) is 107 cm³/mol. The molecule has 3 rings (SSSR count). The summed E-state index contributed by atoms with van der Waals surface area (Å²) >= 11 is 6.13. The number of hydrogen-bond acceptors (Lipinski definition) is 4. The minimum Gasteiger partial charge on any atom is -0.356 e. The maximum absolute atomic E-state index is 11.5. The summed E-state index contributed by atoms with van der Waals surface area (Å²) in [5.74, 6) is 1.31. The van der Waals surface area contributed by atoms with E-state index in [2.05, 4.69) is 32.7 Å². The highest BCUT2D eigenvalue weighted by atomic mass is 35.5. The maximum Gasteiger partial charge on any atom is 0.191 e. The van der Waals surface area contributed by atoms with E-state index < -0.39 is 9.84 Å². The lowest BCUT2D eigenvalue weighted by Crippen LogP contribution is -2.46. The maximum atomic E-state index is 11.5. The molecule has 1 aromatic carbocycles. The summed E-state index contributed by atoms with van der Waals surface area (Å²) < 4.78 is 22.9. The van der Waals surface area contributed by atoms with E-state index in [4.69, 9.17) is 11.6 Å². The summed E-state index contributed by atoms with van der Waals surface area (Å²) in [6, 6.07) is 8.10. The van der Waals surface area contributed by atoms with Gasteiger partial charge in [0.1, 0.15) is 0 Å². The van der Waals surface area contributed by atoms with E-state index in [1.807, 2.05) is 12.1 Å². The first-order chi connectivity index (χ1) is 12.4. The molecule has 1 aromatic rings. The Balaban J connectivity index is 1.43. The van der Waals surface area contributed by atoms with Crippen molar-refractivity contribution in [3.63, 3.8) is 0 Å². The van der Waals surface area contributed by atoms with Crippen LogP contribution in [0.2, 0.25) is 5.02 Å². The zero-order valence-corrected chi connectivity index (χ0v) is 16.7. The molecule has 0 amide bonds. The highest BCUT2D eigenvalue weighted by Gasteiger charge is 2.44. The number of hydrogen-bond donors (Lipinski definition) is 2. The minimum absolute atomic E-state index is 0.156. The van der Waals surface area contributed by atoms with Gasteiger partial charge in [0.2, 0.25) is 0 Å². The fourth-order valence-electron chi connectivity index (χ4n) is 3.32. The summed E-state index contributed by atoms with van der Waals surface area (Å²) in [7, 11) is -1.05. The molecule has 0 unspecified atom stereocenters. The van der Waals surface area contributed by atoms with Gasteiger partial charge in [0.05, 0.1) is 11.5 Å². The molecule has 8 heteroatoms. The Labute approximate surface area is 160 Å². The lowest BCUT2D eigenvalue weighted by molar-refractivity contribution is 0.299. The fraction of sp³-hybridized carbons (Fsp3) is 0.611. The molecular weight excluding hydrogens is 372 g/mol. The quantitative estimate of drug-likeness (QED) is 0.557. The van der Waals surface area contributed by atoms with Crippen LogP contribution in [0.1, 0.15) is 18.4 Å². The predicted octanol–water partition coefficient (Wildman–Crippen LogP) is 1.27. The van der Waals surface area contributed by atoms with Crippen LogP contribution in [0.3, 0.4) is 0 Å². The molecule has 1 saturated carbocycles. The lowest BCUT2D eigenvalue weighted by Gasteiger charge is -2.27. The second-order valence-electron chi connectivity index (χ2n) is 7.14. The highest BCUT2D eigenvalue weighted by molar-refractivity contribution is 7.91. The smallest absolute Gasteiger partial charge is 0.191 e. The van der Waals surface area contributed by atoms with Crippen LogP contribution in [-0.2, 0) is 15.3 Å². The third-order valence-electron chi connectivity index (χ3n) is 5.27. The summed E-state index contributed by atoms with van der Waals surface area (Å²) in [5, 5.41) is 7.52. The first kappa shape index (κ1) is 19.5. The average molecular weight is 399 g/mol. The van der Waals surface area contributed by atoms with Crippen LogP contribution in [0.5, 0.6) is 0 Å². The van der Waals surface area contributed by atoms with E-state index in [-0.39, 0.29) is 16.9 Å². The van der Waals surface area contributed by atoms with Crippen LogP contribution in [0.15, 0.2) is 29.3 Å². The van der Waals surface area contributed by atoms with Gasteiger partial charge in [0.15, 0.2) is 15.8 Å². The van der Waals surface area contributed by atoms with E-state index in [0.717, 1.165) is 43.5 Å². The van der Waals surface area contributed by atoms with Gasteiger partial charge in [0.25, 0.3) is 0 Å². The van der Waals surface area contributed by atoms with Crippen LogP contribution in [0, 0.1) is 0 Å². The third kappa shape index (κ3) is 5.11. The van der Waals surface area contributed by atoms with Crippen LogP contribution >= 0.6 is 11.6 Å². The third-order valence-corrected chi connectivity index (χ3v) is 7.11. The number of aliphatic imine (C=N–C) groups is 1. The molecule has 0 radical (unpaired) electrons. The molecule has 2 aliphatic rings. The van der Waals surface area contributed by atoms with Crippen molar-refractivity contribution in [2.45, 2.75) is 18.3 Å². The summed E-state index contributed by atoms with van der Waals surface area (Å²) in [6.45, 7) is 3.62. The normalized spacial score (nSPS) is 22.0. The Morgan fingerprint density at radius 3 is 2.62 bits per heavy atom. The molecule has 6 nitrogen and oxygen atoms in total. The van der Waals surface area contributed by atoms with E-state index in [9.17, 15) is 8.42 Å². The SMILES string of the molecule is CN=C(NCCN1CCS(=O)(=O)CC1)NCC1(c2cccc(Cl)c2)CC1. The van der Waals surface area contributed by atoms with Gasteiger partial charge in [-0.25, -0.2) is 8.42 Å². The van der Waals surface area contributed by atoms with Gasteiger partial charge in [-0.2, -0.15) is 0 Å². The average Bonchev–Trinajstić information content (AvgIpc) is 3.40. The number of nitrogens with one attached hydrogen (secondary N) is 2. The van der Waals surface area contributed by atoms with Crippen LogP contribution in [0.25, 0.3) is 0 Å². The zero-order valence-electron chi connectivity index (χ0n) is 15.2. The second kappa shape index (κ2) is 8.15. The van der Waals surface area contributed by atoms with E-state index >= 15 is 0 Å². The Bertz CT molecular complexity index is 748. The highest BCUT2D eigenvalue weighted by Crippen LogP contribution is 2.48. The molecule has 1 saturated heterocycles. The molecule has 1 aliphatic heterocycles. The molecule has 0 spiro atoms. The Morgan fingerprint density at radius 1 is 1.27 bits per heavy atom. The summed E-state index contributed by atoms with van der Waals surface area (Å²) in [6.07, 6.45) is 2.30. The molecule has 0 atom stereocenters. The number of rotatable bonds is 6. The number of sulfone groups is 1. The van der Waals surface area contributed by atoms with Gasteiger partial charge >= 0.3 is 0 Å². The summed E-state index contributed by atoms with van der Waals surface area (Å²) in [5.41, 5.74) is 1.44. The van der Waals surface area contributed by atoms with Crippen molar-refractivity contribution in [1.29, 1.82) is 0 Å². The van der Waals surface area contributed by atoms with Crippen LogP contribution in [0.4, 0.5) is 0 Å². The monoisotopic (exact) mass is 398 g/mol. The van der Waals surface area contributed by atoms with Gasteiger partial charge in [-0.05, 0) is 30.5 Å². The molecule has 26 heavy (non-hydrogen) atoms. The molecule has 1 heterocycles. The van der Waals surface area contributed by atoms with Gasteiger partial charge in [-0.1, -0.05) is 23.7 Å². The molecular formula is C18H27ClN4O2S. The number of halogens is 1. The van der Waals surface area contributed by atoms with Gasteiger partial charge in [0, 0.05) is 50.2 Å². The number of benzene rings is 1. The first-order valence-electron chi connectivity index (χ1n) is 9.06. The van der Waals surface area contributed by atoms with Crippen molar-refractivity contribution in [3.8, 4) is 0 Å². The van der Waals surface area contributed by atoms with Crippen molar-refractivity contribution < 1.29 is 8.42 Å². The van der Waals surface area contributed by atoms with E-state index in [1.54, 1.807) is 7.05 Å². The largest absolute Gasteiger partial charge is 0.356 e.